The van der Waals surface area contributed by atoms with Gasteiger partial charge in [0.25, 0.3) is 11.8 Å². The normalized spacial score (nSPS) is 17.8. The monoisotopic (exact) mass is 1160 g/mol. The molecule has 10 aromatic carbocycles. The number of carboxylic acid groups (broad SMARTS) is 2. The molecular formula is C77H54N6O6. The summed E-state index contributed by atoms with van der Waals surface area (Å²) >= 11 is 0. The van der Waals surface area contributed by atoms with Crippen molar-refractivity contribution in [3.05, 3.63) is 286 Å². The quantitative estimate of drug-likeness (QED) is 0.129. The lowest BCUT2D eigenvalue weighted by molar-refractivity contribution is -0.130. The van der Waals surface area contributed by atoms with E-state index in [9.17, 15) is 29.4 Å². The Hall–Kier alpha value is -11.5. The number of para-hydroxylation sites is 4. The SMILES string of the molecule is O=C(O)C1=NN(c2ccccc2)C(=O)C1=Cc1ccc2c(c1)C1(c3cc(C=C4C(=O)N(c5ccccc5)N=C4C(=O)O)ccc3-c3ccc(-c4ccc5c(c4)CCCN5c4ccccc4)cc31)c1cc(-c3ccc4c(c3)CCCN4c3ccccc3)ccc1-2. The Kier molecular flexibility index (Phi) is 12.4. The van der Waals surface area contributed by atoms with Gasteiger partial charge in [0.1, 0.15) is 0 Å². The first-order valence-electron chi connectivity index (χ1n) is 30.0. The van der Waals surface area contributed by atoms with E-state index in [1.165, 1.54) is 22.5 Å². The number of rotatable bonds is 10. The number of hydrogen-bond donors (Lipinski definition) is 2. The maximum atomic E-state index is 14.5. The van der Waals surface area contributed by atoms with Gasteiger partial charge in [-0.05, 0) is 224 Å². The number of anilines is 6. The van der Waals surface area contributed by atoms with Gasteiger partial charge >= 0.3 is 11.9 Å². The molecule has 4 heterocycles. The van der Waals surface area contributed by atoms with Crippen LogP contribution in [0.15, 0.2) is 252 Å². The zero-order chi connectivity index (χ0) is 60.1. The maximum absolute atomic E-state index is 14.5. The van der Waals surface area contributed by atoms with Gasteiger partial charge in [0, 0.05) is 35.8 Å². The predicted octanol–water partition coefficient (Wildman–Crippen LogP) is 15.3. The molecule has 428 valence electrons. The van der Waals surface area contributed by atoms with Gasteiger partial charge in [0.05, 0.1) is 27.9 Å². The van der Waals surface area contributed by atoms with Crippen LogP contribution in [0.5, 0.6) is 0 Å². The summed E-state index contributed by atoms with van der Waals surface area (Å²) in [7, 11) is 0. The molecule has 2 amide bonds. The summed E-state index contributed by atoms with van der Waals surface area (Å²) in [6.45, 7) is 1.83. The highest BCUT2D eigenvalue weighted by molar-refractivity contribution is 6.54. The van der Waals surface area contributed by atoms with Crippen molar-refractivity contribution in [1.29, 1.82) is 0 Å². The second-order valence-electron chi connectivity index (χ2n) is 23.3. The lowest BCUT2D eigenvalue weighted by Gasteiger charge is -2.33. The van der Waals surface area contributed by atoms with Gasteiger partial charge in [-0.3, -0.25) is 9.59 Å². The molecule has 0 atom stereocenters. The molecule has 0 fully saturated rings. The maximum Gasteiger partial charge on any atom is 0.357 e. The largest absolute Gasteiger partial charge is 0.476 e. The minimum absolute atomic E-state index is 0.0604. The van der Waals surface area contributed by atoms with E-state index in [1.807, 2.05) is 36.4 Å². The summed E-state index contributed by atoms with van der Waals surface area (Å²) in [6, 6.07) is 77.8. The molecule has 1 spiro atoms. The van der Waals surface area contributed by atoms with Crippen LogP contribution in [-0.4, -0.2) is 58.5 Å². The van der Waals surface area contributed by atoms with Crippen molar-refractivity contribution in [3.63, 3.8) is 0 Å². The second-order valence-corrected chi connectivity index (χ2v) is 23.3. The number of fused-ring (bicyclic) bond motifs is 12. The second kappa shape index (κ2) is 20.9. The Morgan fingerprint density at radius 3 is 1.11 bits per heavy atom. The summed E-state index contributed by atoms with van der Waals surface area (Å²) in [5.74, 6) is -3.80. The highest BCUT2D eigenvalue weighted by Crippen LogP contribution is 2.64. The number of hydrazone groups is 2. The van der Waals surface area contributed by atoms with Gasteiger partial charge in [-0.1, -0.05) is 133 Å². The van der Waals surface area contributed by atoms with E-state index in [-0.39, 0.29) is 22.6 Å². The van der Waals surface area contributed by atoms with Crippen molar-refractivity contribution in [2.75, 3.05) is 32.9 Å². The number of aliphatic carboxylic acids is 2. The van der Waals surface area contributed by atoms with Crippen LogP contribution in [0.25, 0.3) is 56.7 Å². The summed E-state index contributed by atoms with van der Waals surface area (Å²) in [5.41, 5.74) is 19.1. The molecule has 10 aromatic rings. The number of aryl methyl sites for hydroxylation is 2. The fourth-order valence-corrected chi connectivity index (χ4v) is 14.3. The molecule has 0 radical (unpaired) electrons. The van der Waals surface area contributed by atoms with Crippen LogP contribution >= 0.6 is 0 Å². The standard InChI is InChI=1S/C77H54N6O6/c84-73-63(71(75(86)87)78-82(73)57-21-9-3-10-22-57)39-47-25-31-59-61-33-27-51(49-29-35-69-53(43-49)15-13-37-80(69)55-17-5-1-6-18-55)45-67(61)77(65(59)41-47)66-42-48(40-64-72(76(88)89)79-83(74(64)85)58-23-11-4-12-24-58)26-32-60(66)62-34-28-52(46-68(62)77)50-30-36-70-54(44-50)16-14-38-81(70)56-19-7-2-8-20-56/h1-12,17-36,39-46H,13-16,37-38H2,(H,86,87)(H,88,89). The van der Waals surface area contributed by atoms with Crippen LogP contribution in [0.2, 0.25) is 0 Å². The summed E-state index contributed by atoms with van der Waals surface area (Å²) in [4.78, 5) is 59.9. The molecular weight excluding hydrogens is 1100 g/mol. The van der Waals surface area contributed by atoms with E-state index in [2.05, 4.69) is 166 Å². The van der Waals surface area contributed by atoms with E-state index in [0.717, 1.165) is 127 Å². The predicted molar refractivity (Wildman–Crippen MR) is 351 cm³/mol. The third-order valence-electron chi connectivity index (χ3n) is 18.3. The van der Waals surface area contributed by atoms with E-state index < -0.39 is 29.2 Å². The van der Waals surface area contributed by atoms with Crippen molar-refractivity contribution >= 4 is 81.5 Å². The first-order chi connectivity index (χ1) is 43.6. The zero-order valence-corrected chi connectivity index (χ0v) is 48.0. The Labute approximate surface area is 513 Å². The molecule has 4 aliphatic heterocycles. The number of hydrogen-bond acceptors (Lipinski definition) is 8. The molecule has 0 unspecified atom stereocenters. The number of amides is 2. The van der Waals surface area contributed by atoms with Gasteiger partial charge < -0.3 is 20.0 Å². The van der Waals surface area contributed by atoms with Gasteiger partial charge in [0.2, 0.25) is 0 Å². The highest BCUT2D eigenvalue weighted by atomic mass is 16.4. The van der Waals surface area contributed by atoms with E-state index in [4.69, 9.17) is 0 Å². The zero-order valence-electron chi connectivity index (χ0n) is 48.0. The van der Waals surface area contributed by atoms with Gasteiger partial charge in [-0.15, -0.1) is 0 Å². The Morgan fingerprint density at radius 2 is 0.730 bits per heavy atom. The topological polar surface area (TPSA) is 146 Å². The number of carboxylic acids is 2. The molecule has 2 aliphatic carbocycles. The van der Waals surface area contributed by atoms with Crippen LogP contribution in [0.3, 0.4) is 0 Å². The molecule has 12 heteroatoms. The lowest BCUT2D eigenvalue weighted by Crippen LogP contribution is -2.26. The Morgan fingerprint density at radius 1 is 0.393 bits per heavy atom. The van der Waals surface area contributed by atoms with Crippen molar-refractivity contribution in [1.82, 2.24) is 0 Å². The molecule has 89 heavy (non-hydrogen) atoms. The number of benzene rings is 10. The molecule has 16 rings (SSSR count). The molecule has 0 saturated heterocycles. The van der Waals surface area contributed by atoms with Crippen molar-refractivity contribution in [2.24, 2.45) is 10.2 Å². The van der Waals surface area contributed by atoms with Crippen LogP contribution in [0.4, 0.5) is 34.1 Å². The van der Waals surface area contributed by atoms with Crippen molar-refractivity contribution < 1.29 is 29.4 Å². The smallest absolute Gasteiger partial charge is 0.357 e. The fraction of sp³-hybridized carbons (Fsp3) is 0.0909. The Balaban J connectivity index is 0.920. The van der Waals surface area contributed by atoms with E-state index in [0.29, 0.717) is 22.5 Å². The van der Waals surface area contributed by atoms with Crippen LogP contribution < -0.4 is 19.8 Å². The molecule has 2 N–H and O–H groups in total. The highest BCUT2D eigenvalue weighted by Gasteiger charge is 2.52. The van der Waals surface area contributed by atoms with Crippen LogP contribution in [0.1, 0.15) is 57.3 Å². The number of carbonyl (C=O) groups excluding carboxylic acids is 2. The number of nitrogens with zero attached hydrogens (tertiary/aromatic N) is 6. The minimum atomic E-state index is -1.33. The van der Waals surface area contributed by atoms with Gasteiger partial charge in [0.15, 0.2) is 11.4 Å². The molecule has 12 nitrogen and oxygen atoms in total. The van der Waals surface area contributed by atoms with Crippen molar-refractivity contribution in [3.8, 4) is 44.5 Å². The first kappa shape index (κ1) is 53.0. The number of carbonyl (C=O) groups is 4. The summed E-state index contributed by atoms with van der Waals surface area (Å²) < 4.78 is 0. The van der Waals surface area contributed by atoms with Gasteiger partial charge in [-0.25, -0.2) is 9.59 Å². The van der Waals surface area contributed by atoms with E-state index >= 15 is 0 Å². The average molecular weight is 1160 g/mol. The van der Waals surface area contributed by atoms with Crippen LogP contribution in [0, 0.1) is 0 Å². The Bertz CT molecular complexity index is 4500. The summed E-state index contributed by atoms with van der Waals surface area (Å²) in [5, 5.41) is 32.3. The first-order valence-corrected chi connectivity index (χ1v) is 30.0. The summed E-state index contributed by atoms with van der Waals surface area (Å²) in [6.07, 6.45) is 7.12. The lowest BCUT2D eigenvalue weighted by atomic mass is 9.69. The molecule has 0 aromatic heterocycles. The van der Waals surface area contributed by atoms with E-state index in [1.54, 1.807) is 60.7 Å². The molecule has 6 aliphatic rings. The molecule has 0 saturated carbocycles. The van der Waals surface area contributed by atoms with Crippen molar-refractivity contribution in [2.45, 2.75) is 31.1 Å². The average Bonchev–Trinajstić information content (AvgIpc) is 1.51. The third kappa shape index (κ3) is 8.58. The van der Waals surface area contributed by atoms with Gasteiger partial charge in [-0.2, -0.15) is 20.2 Å². The van der Waals surface area contributed by atoms with Crippen LogP contribution in [-0.2, 0) is 37.4 Å². The fourth-order valence-electron chi connectivity index (χ4n) is 14.3. The third-order valence-corrected chi connectivity index (χ3v) is 18.3. The minimum Gasteiger partial charge on any atom is -0.476 e. The molecule has 0 bridgehead atoms.